The molecular formula is C14H25N3O3. The standard InChI is InChI=1S/C14H25N3O3/c1-20-14(19)16-10-7-8-17(9-10)13(18)11-5-3-2-4-6-12(11)15/h10-12H,2-9,15H2,1H3,(H,16,19). The molecule has 3 N–H and O–H groups in total. The summed E-state index contributed by atoms with van der Waals surface area (Å²) in [6.07, 6.45) is 5.56. The van der Waals surface area contributed by atoms with Gasteiger partial charge in [-0.15, -0.1) is 0 Å². The maximum Gasteiger partial charge on any atom is 0.407 e. The molecule has 6 heteroatoms. The van der Waals surface area contributed by atoms with Gasteiger partial charge < -0.3 is 20.7 Å². The number of methoxy groups -OCH3 is 1. The number of nitrogens with one attached hydrogen (secondary N) is 1. The number of ether oxygens (including phenoxy) is 1. The van der Waals surface area contributed by atoms with Crippen molar-refractivity contribution in [1.82, 2.24) is 10.2 Å². The third-order valence-electron chi connectivity index (χ3n) is 4.39. The van der Waals surface area contributed by atoms with Crippen LogP contribution in [0.5, 0.6) is 0 Å². The molecule has 2 amide bonds. The molecule has 1 heterocycles. The molecule has 1 aliphatic carbocycles. The molecule has 0 radical (unpaired) electrons. The lowest BCUT2D eigenvalue weighted by molar-refractivity contribution is -0.135. The second kappa shape index (κ2) is 6.92. The van der Waals surface area contributed by atoms with Crippen LogP contribution in [0.25, 0.3) is 0 Å². The van der Waals surface area contributed by atoms with Crippen molar-refractivity contribution in [2.24, 2.45) is 11.7 Å². The molecule has 1 saturated heterocycles. The van der Waals surface area contributed by atoms with Crippen molar-refractivity contribution in [2.45, 2.75) is 50.6 Å². The van der Waals surface area contributed by atoms with E-state index in [0.29, 0.717) is 13.1 Å². The van der Waals surface area contributed by atoms with Crippen molar-refractivity contribution >= 4 is 12.0 Å². The predicted octanol–water partition coefficient (Wildman–Crippen LogP) is 0.851. The Bertz CT molecular complexity index is 362. The van der Waals surface area contributed by atoms with Gasteiger partial charge in [-0.2, -0.15) is 0 Å². The molecule has 20 heavy (non-hydrogen) atoms. The molecular weight excluding hydrogens is 258 g/mol. The summed E-state index contributed by atoms with van der Waals surface area (Å²) in [6.45, 7) is 1.26. The molecule has 1 aliphatic heterocycles. The first-order chi connectivity index (χ1) is 9.61. The summed E-state index contributed by atoms with van der Waals surface area (Å²) in [5.74, 6) is 0.114. The van der Waals surface area contributed by atoms with E-state index in [1.54, 1.807) is 0 Å². The van der Waals surface area contributed by atoms with Crippen molar-refractivity contribution in [2.75, 3.05) is 20.2 Å². The minimum absolute atomic E-state index is 0.00611. The molecule has 0 aromatic heterocycles. The van der Waals surface area contributed by atoms with Crippen LogP contribution in [0.15, 0.2) is 0 Å². The van der Waals surface area contributed by atoms with Gasteiger partial charge in [0.1, 0.15) is 0 Å². The van der Waals surface area contributed by atoms with Crippen LogP contribution in [-0.2, 0) is 9.53 Å². The Labute approximate surface area is 120 Å². The van der Waals surface area contributed by atoms with Crippen molar-refractivity contribution in [1.29, 1.82) is 0 Å². The number of rotatable bonds is 2. The number of alkyl carbamates (subject to hydrolysis) is 1. The minimum atomic E-state index is -0.435. The number of hydrogen-bond donors (Lipinski definition) is 2. The number of carbonyl (C=O) groups is 2. The lowest BCUT2D eigenvalue weighted by Gasteiger charge is -2.26. The summed E-state index contributed by atoms with van der Waals surface area (Å²) < 4.78 is 4.58. The molecule has 2 rings (SSSR count). The van der Waals surface area contributed by atoms with Gasteiger partial charge in [0.2, 0.25) is 5.91 Å². The first-order valence-electron chi connectivity index (χ1n) is 7.50. The highest BCUT2D eigenvalue weighted by Crippen LogP contribution is 2.25. The zero-order chi connectivity index (χ0) is 14.5. The molecule has 3 unspecified atom stereocenters. The van der Waals surface area contributed by atoms with E-state index in [9.17, 15) is 9.59 Å². The first-order valence-corrected chi connectivity index (χ1v) is 7.50. The highest BCUT2D eigenvalue weighted by atomic mass is 16.5. The van der Waals surface area contributed by atoms with Crippen molar-refractivity contribution in [3.05, 3.63) is 0 Å². The maximum absolute atomic E-state index is 12.6. The molecule has 2 fully saturated rings. The quantitative estimate of drug-likeness (QED) is 0.736. The van der Waals surface area contributed by atoms with Gasteiger partial charge >= 0.3 is 6.09 Å². The number of nitrogens with two attached hydrogens (primary N) is 1. The van der Waals surface area contributed by atoms with Crippen molar-refractivity contribution in [3.63, 3.8) is 0 Å². The van der Waals surface area contributed by atoms with Crippen LogP contribution in [-0.4, -0.2) is 49.2 Å². The van der Waals surface area contributed by atoms with Crippen molar-refractivity contribution in [3.8, 4) is 0 Å². The van der Waals surface area contributed by atoms with Crippen LogP contribution in [0.2, 0.25) is 0 Å². The number of carbonyl (C=O) groups excluding carboxylic acids is 2. The van der Waals surface area contributed by atoms with Crippen LogP contribution in [0.4, 0.5) is 4.79 Å². The number of hydrogen-bond acceptors (Lipinski definition) is 4. The Kier molecular flexibility index (Phi) is 5.23. The molecule has 3 atom stereocenters. The Balaban J connectivity index is 1.88. The molecule has 6 nitrogen and oxygen atoms in total. The molecule has 0 spiro atoms. The number of amides is 2. The van der Waals surface area contributed by atoms with Gasteiger partial charge in [0.05, 0.1) is 19.1 Å². The fourth-order valence-electron chi connectivity index (χ4n) is 3.18. The van der Waals surface area contributed by atoms with Gasteiger partial charge in [-0.05, 0) is 19.3 Å². The number of nitrogens with zero attached hydrogens (tertiary/aromatic N) is 1. The second-order valence-corrected chi connectivity index (χ2v) is 5.81. The van der Waals surface area contributed by atoms with Crippen LogP contribution in [0, 0.1) is 5.92 Å². The monoisotopic (exact) mass is 283 g/mol. The van der Waals surface area contributed by atoms with E-state index < -0.39 is 6.09 Å². The van der Waals surface area contributed by atoms with Crippen LogP contribution >= 0.6 is 0 Å². The number of likely N-dealkylation sites (tertiary alicyclic amines) is 1. The van der Waals surface area contributed by atoms with Gasteiger partial charge in [-0.1, -0.05) is 19.3 Å². The van der Waals surface area contributed by atoms with E-state index in [0.717, 1.165) is 32.1 Å². The molecule has 114 valence electrons. The summed E-state index contributed by atoms with van der Waals surface area (Å²) in [5, 5.41) is 2.75. The largest absolute Gasteiger partial charge is 0.453 e. The van der Waals surface area contributed by atoms with E-state index in [2.05, 4.69) is 10.1 Å². The molecule has 1 saturated carbocycles. The molecule has 2 aliphatic rings. The second-order valence-electron chi connectivity index (χ2n) is 5.81. The van der Waals surface area contributed by atoms with Crippen LogP contribution in [0.1, 0.15) is 38.5 Å². The maximum atomic E-state index is 12.6. The highest BCUT2D eigenvalue weighted by Gasteiger charge is 2.34. The molecule has 0 bridgehead atoms. The summed E-state index contributed by atoms with van der Waals surface area (Å²) in [5.41, 5.74) is 6.15. The van der Waals surface area contributed by atoms with Gasteiger partial charge in [0, 0.05) is 19.1 Å². The first kappa shape index (κ1) is 15.1. The summed E-state index contributed by atoms with van der Waals surface area (Å²) >= 11 is 0. The van der Waals surface area contributed by atoms with E-state index in [-0.39, 0.29) is 23.9 Å². The van der Waals surface area contributed by atoms with E-state index in [1.807, 2.05) is 4.90 Å². The van der Waals surface area contributed by atoms with Gasteiger partial charge in [-0.25, -0.2) is 4.79 Å². The van der Waals surface area contributed by atoms with Crippen LogP contribution < -0.4 is 11.1 Å². The van der Waals surface area contributed by atoms with Crippen LogP contribution in [0.3, 0.4) is 0 Å². The van der Waals surface area contributed by atoms with E-state index in [1.165, 1.54) is 13.5 Å². The summed E-state index contributed by atoms with van der Waals surface area (Å²) in [6, 6.07) is -0.0222. The smallest absolute Gasteiger partial charge is 0.407 e. The summed E-state index contributed by atoms with van der Waals surface area (Å²) in [7, 11) is 1.34. The zero-order valence-corrected chi connectivity index (χ0v) is 12.1. The topological polar surface area (TPSA) is 84.7 Å². The Morgan fingerprint density at radius 3 is 2.70 bits per heavy atom. The third kappa shape index (κ3) is 3.62. The lowest BCUT2D eigenvalue weighted by atomic mass is 9.94. The average Bonchev–Trinajstić information content (AvgIpc) is 2.79. The molecule has 0 aromatic carbocycles. The fraction of sp³-hybridized carbons (Fsp3) is 0.857. The normalized spacial score (nSPS) is 30.7. The van der Waals surface area contributed by atoms with Crippen molar-refractivity contribution < 1.29 is 14.3 Å². The van der Waals surface area contributed by atoms with E-state index in [4.69, 9.17) is 5.73 Å². The minimum Gasteiger partial charge on any atom is -0.453 e. The SMILES string of the molecule is COC(=O)NC1CCN(C(=O)C2CCCCCC2N)C1. The Morgan fingerprint density at radius 1 is 1.20 bits per heavy atom. The van der Waals surface area contributed by atoms with E-state index >= 15 is 0 Å². The predicted molar refractivity (Wildman–Crippen MR) is 75.1 cm³/mol. The average molecular weight is 283 g/mol. The highest BCUT2D eigenvalue weighted by molar-refractivity contribution is 5.80. The molecule has 0 aromatic rings. The Morgan fingerprint density at radius 2 is 1.95 bits per heavy atom. The van der Waals surface area contributed by atoms with Gasteiger partial charge in [0.15, 0.2) is 0 Å². The lowest BCUT2D eigenvalue weighted by Crippen LogP contribution is -2.44. The summed E-state index contributed by atoms with van der Waals surface area (Å²) in [4.78, 5) is 25.6. The zero-order valence-electron chi connectivity index (χ0n) is 12.1. The third-order valence-corrected chi connectivity index (χ3v) is 4.39. The Hall–Kier alpha value is -1.30. The van der Waals surface area contributed by atoms with Gasteiger partial charge in [0.25, 0.3) is 0 Å². The fourth-order valence-corrected chi connectivity index (χ4v) is 3.18. The van der Waals surface area contributed by atoms with Gasteiger partial charge in [-0.3, -0.25) is 4.79 Å².